The highest BCUT2D eigenvalue weighted by atomic mass is 16.6. The molecular formula is C23H31N3O8. The Morgan fingerprint density at radius 2 is 1.82 bits per heavy atom. The number of hydrogen-bond donors (Lipinski definition) is 4. The Kier molecular flexibility index (Phi) is 11.0. The molecule has 0 bridgehead atoms. The fourth-order valence-electron chi connectivity index (χ4n) is 2.96. The summed E-state index contributed by atoms with van der Waals surface area (Å²) < 4.78 is 9.65. The molecule has 0 spiro atoms. The van der Waals surface area contributed by atoms with Crippen LogP contribution in [0.2, 0.25) is 0 Å². The summed E-state index contributed by atoms with van der Waals surface area (Å²) in [5.41, 5.74) is -0.333. The van der Waals surface area contributed by atoms with E-state index < -0.39 is 61.3 Å². The number of nitrogens with zero attached hydrogens (tertiary/aromatic N) is 1. The highest BCUT2D eigenvalue weighted by Gasteiger charge is 2.36. The molecule has 0 heterocycles. The molecule has 0 saturated heterocycles. The third-order valence-corrected chi connectivity index (χ3v) is 4.40. The lowest BCUT2D eigenvalue weighted by Crippen LogP contribution is -2.55. The molecule has 34 heavy (non-hydrogen) atoms. The molecule has 11 nitrogen and oxygen atoms in total. The second-order valence-corrected chi connectivity index (χ2v) is 8.06. The van der Waals surface area contributed by atoms with E-state index in [0.717, 1.165) is 12.0 Å². The van der Waals surface area contributed by atoms with E-state index in [1.54, 1.807) is 39.0 Å². The van der Waals surface area contributed by atoms with Crippen LogP contribution in [-0.2, 0) is 23.9 Å². The van der Waals surface area contributed by atoms with Crippen molar-refractivity contribution in [1.82, 2.24) is 15.5 Å². The van der Waals surface area contributed by atoms with Gasteiger partial charge in [0, 0.05) is 12.1 Å². The van der Waals surface area contributed by atoms with Crippen molar-refractivity contribution in [2.75, 3.05) is 33.4 Å². The van der Waals surface area contributed by atoms with Crippen molar-refractivity contribution in [3.05, 3.63) is 35.4 Å². The minimum Gasteiger partial charge on any atom is -0.468 e. The fraction of sp³-hybridized carbons (Fsp3) is 0.478. The van der Waals surface area contributed by atoms with E-state index in [2.05, 4.69) is 21.3 Å². The molecule has 0 aliphatic carbocycles. The van der Waals surface area contributed by atoms with E-state index in [1.807, 2.05) is 0 Å². The molecule has 0 aliphatic heterocycles. The summed E-state index contributed by atoms with van der Waals surface area (Å²) in [6.45, 7) is 2.69. The molecule has 2 unspecified atom stereocenters. The number of rotatable bonds is 10. The number of aliphatic hydroxyl groups excluding tert-OH is 2. The van der Waals surface area contributed by atoms with Gasteiger partial charge in [-0.1, -0.05) is 24.1 Å². The Labute approximate surface area is 198 Å². The predicted molar refractivity (Wildman–Crippen MR) is 121 cm³/mol. The summed E-state index contributed by atoms with van der Waals surface area (Å²) >= 11 is 0. The van der Waals surface area contributed by atoms with Gasteiger partial charge in [-0.25, -0.2) is 4.79 Å². The molecule has 3 amide bonds. The van der Waals surface area contributed by atoms with E-state index in [1.165, 1.54) is 6.07 Å². The highest BCUT2D eigenvalue weighted by molar-refractivity contribution is 5.93. The Balaban J connectivity index is 3.40. The van der Waals surface area contributed by atoms with Gasteiger partial charge < -0.3 is 35.2 Å². The SMILES string of the molecule is C#Cc1ccccc1C(C(=O)NCC(=O)OC)N(CCO)C(=O)C(CO)NC(=O)OC(C)(C)C. The van der Waals surface area contributed by atoms with Gasteiger partial charge in [0.2, 0.25) is 11.8 Å². The first-order chi connectivity index (χ1) is 16.0. The van der Waals surface area contributed by atoms with E-state index in [9.17, 15) is 29.4 Å². The monoisotopic (exact) mass is 477 g/mol. The van der Waals surface area contributed by atoms with E-state index in [4.69, 9.17) is 11.2 Å². The zero-order valence-electron chi connectivity index (χ0n) is 19.7. The predicted octanol–water partition coefficient (Wildman–Crippen LogP) is -0.295. The van der Waals surface area contributed by atoms with Crippen LogP contribution < -0.4 is 10.6 Å². The van der Waals surface area contributed by atoms with Gasteiger partial charge in [-0.15, -0.1) is 6.42 Å². The van der Waals surface area contributed by atoms with E-state index in [0.29, 0.717) is 0 Å². The summed E-state index contributed by atoms with van der Waals surface area (Å²) in [5, 5.41) is 24.0. The molecule has 0 radical (unpaired) electrons. The molecular weight excluding hydrogens is 446 g/mol. The zero-order chi connectivity index (χ0) is 25.9. The highest BCUT2D eigenvalue weighted by Crippen LogP contribution is 2.25. The fourth-order valence-corrected chi connectivity index (χ4v) is 2.96. The molecule has 0 aliphatic rings. The lowest BCUT2D eigenvalue weighted by molar-refractivity contribution is -0.145. The molecule has 1 aromatic rings. The number of esters is 1. The molecule has 186 valence electrons. The van der Waals surface area contributed by atoms with Crippen LogP contribution in [0.3, 0.4) is 0 Å². The number of hydrogen-bond acceptors (Lipinski definition) is 8. The van der Waals surface area contributed by atoms with Crippen molar-refractivity contribution < 1.29 is 38.9 Å². The minimum atomic E-state index is -1.49. The van der Waals surface area contributed by atoms with Crippen LogP contribution >= 0.6 is 0 Å². The number of alkyl carbamates (subject to hydrolysis) is 1. The topological polar surface area (TPSA) is 154 Å². The normalized spacial score (nSPS) is 12.5. The van der Waals surface area contributed by atoms with Gasteiger partial charge in [0.25, 0.3) is 0 Å². The first kappa shape index (κ1) is 28.4. The van der Waals surface area contributed by atoms with Crippen molar-refractivity contribution >= 4 is 23.9 Å². The number of ether oxygens (including phenoxy) is 2. The number of terminal acetylenes is 1. The third kappa shape index (κ3) is 8.38. The van der Waals surface area contributed by atoms with Crippen molar-refractivity contribution in [2.45, 2.75) is 38.5 Å². The summed E-state index contributed by atoms with van der Waals surface area (Å²) in [7, 11) is 1.15. The minimum absolute atomic E-state index is 0.239. The maximum Gasteiger partial charge on any atom is 0.408 e. The third-order valence-electron chi connectivity index (χ3n) is 4.40. The van der Waals surface area contributed by atoms with Gasteiger partial charge in [-0.3, -0.25) is 14.4 Å². The van der Waals surface area contributed by atoms with Crippen molar-refractivity contribution in [3.63, 3.8) is 0 Å². The number of methoxy groups -OCH3 is 1. The largest absolute Gasteiger partial charge is 0.468 e. The molecule has 11 heteroatoms. The summed E-state index contributed by atoms with van der Waals surface area (Å²) in [6.07, 6.45) is 4.61. The average Bonchev–Trinajstić information content (AvgIpc) is 2.79. The molecule has 2 atom stereocenters. The van der Waals surface area contributed by atoms with Crippen LogP contribution in [0.5, 0.6) is 0 Å². The number of benzene rings is 1. The summed E-state index contributed by atoms with van der Waals surface area (Å²) in [5.74, 6) is 0.0379. The Hall–Kier alpha value is -3.62. The quantitative estimate of drug-likeness (QED) is 0.265. The number of nitrogens with one attached hydrogen (secondary N) is 2. The lowest BCUT2D eigenvalue weighted by atomic mass is 9.97. The first-order valence-electron chi connectivity index (χ1n) is 10.4. The molecule has 0 fully saturated rings. The standard InChI is InChI=1S/C23H31N3O8/c1-6-15-9-7-8-10-16(15)19(20(30)24-13-18(29)33-5)26(11-12-27)21(31)17(14-28)25-22(32)34-23(2,3)4/h1,7-10,17,19,27-28H,11-14H2,2-5H3,(H,24,30)(H,25,32). The second-order valence-electron chi connectivity index (χ2n) is 8.06. The van der Waals surface area contributed by atoms with E-state index in [-0.39, 0.29) is 17.7 Å². The molecule has 0 aromatic heterocycles. The molecule has 0 saturated carbocycles. The molecule has 1 rings (SSSR count). The Bertz CT molecular complexity index is 920. The van der Waals surface area contributed by atoms with Gasteiger partial charge in [0.05, 0.1) is 20.3 Å². The van der Waals surface area contributed by atoms with Crippen molar-refractivity contribution in [1.29, 1.82) is 0 Å². The van der Waals surface area contributed by atoms with Crippen LogP contribution in [0.15, 0.2) is 24.3 Å². The van der Waals surface area contributed by atoms with Crippen LogP contribution in [0.4, 0.5) is 4.79 Å². The van der Waals surface area contributed by atoms with Gasteiger partial charge in [0.15, 0.2) is 0 Å². The summed E-state index contributed by atoms with van der Waals surface area (Å²) in [4.78, 5) is 51.1. The maximum atomic E-state index is 13.3. The van der Waals surface area contributed by atoms with Gasteiger partial charge in [-0.05, 0) is 32.4 Å². The first-order valence-corrected chi connectivity index (χ1v) is 10.4. The van der Waals surface area contributed by atoms with Gasteiger partial charge >= 0.3 is 12.1 Å². The number of carbonyl (C=O) groups is 4. The average molecular weight is 478 g/mol. The maximum absolute atomic E-state index is 13.3. The molecule has 1 aromatic carbocycles. The molecule has 4 N–H and O–H groups in total. The second kappa shape index (κ2) is 13.2. The summed E-state index contributed by atoms with van der Waals surface area (Å²) in [6, 6.07) is 3.42. The van der Waals surface area contributed by atoms with Gasteiger partial charge in [0.1, 0.15) is 24.2 Å². The zero-order valence-corrected chi connectivity index (χ0v) is 19.7. The van der Waals surface area contributed by atoms with Gasteiger partial charge in [-0.2, -0.15) is 0 Å². The smallest absolute Gasteiger partial charge is 0.408 e. The van der Waals surface area contributed by atoms with Crippen LogP contribution in [0.25, 0.3) is 0 Å². The number of carbonyl (C=O) groups excluding carboxylic acids is 4. The van der Waals surface area contributed by atoms with Crippen LogP contribution in [0, 0.1) is 12.3 Å². The van der Waals surface area contributed by atoms with Crippen molar-refractivity contribution in [3.8, 4) is 12.3 Å². The Morgan fingerprint density at radius 3 is 2.35 bits per heavy atom. The lowest BCUT2D eigenvalue weighted by Gasteiger charge is -2.34. The van der Waals surface area contributed by atoms with Crippen molar-refractivity contribution in [2.24, 2.45) is 0 Å². The van der Waals surface area contributed by atoms with Crippen LogP contribution in [0.1, 0.15) is 37.9 Å². The van der Waals surface area contributed by atoms with E-state index >= 15 is 0 Å². The Morgan fingerprint density at radius 1 is 1.18 bits per heavy atom. The van der Waals surface area contributed by atoms with Crippen LogP contribution in [-0.4, -0.2) is 84.0 Å². The number of aliphatic hydroxyl groups is 2. The number of amides is 3.